The van der Waals surface area contributed by atoms with Crippen molar-refractivity contribution in [3.63, 3.8) is 0 Å². The number of fused-ring (bicyclic) bond motifs is 4. The minimum atomic E-state index is -3.99. The third-order valence-corrected chi connectivity index (χ3v) is 7.74. The Morgan fingerprint density at radius 3 is 2.41 bits per heavy atom. The van der Waals surface area contributed by atoms with Crippen LogP contribution in [0.4, 0.5) is 0 Å². The standard InChI is InChI=1S/C23H26O8S/c1-14-4-6-16(7-5-14)32(24,25)31-17-8-9-23(28-10-11-29-23)22-21(17)20-18(27-3)12-15(26-2)13-19(20)30-22/h4-7,12-13,17,21-22H,8-11H2,1-3H3/t17-,21-,22+/m0/s1. The van der Waals surface area contributed by atoms with Crippen LogP contribution in [0.3, 0.4) is 0 Å². The Hall–Kier alpha value is -2.33. The molecular formula is C23H26O8S. The molecule has 32 heavy (non-hydrogen) atoms. The minimum Gasteiger partial charge on any atom is -0.496 e. The van der Waals surface area contributed by atoms with Crippen molar-refractivity contribution < 1.29 is 36.3 Å². The van der Waals surface area contributed by atoms with Gasteiger partial charge in [0.2, 0.25) is 5.79 Å². The summed E-state index contributed by atoms with van der Waals surface area (Å²) in [4.78, 5) is 0.120. The SMILES string of the molecule is COc1cc(OC)c2c(c1)O[C@@H]1[C@H]2[C@@H](OS(=O)(=O)c2ccc(C)cc2)CCC12OCCO2. The van der Waals surface area contributed by atoms with E-state index >= 15 is 0 Å². The van der Waals surface area contributed by atoms with Gasteiger partial charge in [0.15, 0.2) is 6.10 Å². The molecule has 1 saturated carbocycles. The van der Waals surface area contributed by atoms with Crippen molar-refractivity contribution in [2.24, 2.45) is 0 Å². The van der Waals surface area contributed by atoms with Crippen molar-refractivity contribution in [2.75, 3.05) is 27.4 Å². The molecule has 2 aliphatic heterocycles. The van der Waals surface area contributed by atoms with Crippen LogP contribution in [0.2, 0.25) is 0 Å². The molecule has 0 bridgehead atoms. The normalized spacial score (nSPS) is 25.8. The molecule has 5 rings (SSSR count). The van der Waals surface area contributed by atoms with E-state index in [0.29, 0.717) is 43.3 Å². The lowest BCUT2D eigenvalue weighted by Gasteiger charge is -2.43. The minimum absolute atomic E-state index is 0.120. The lowest BCUT2D eigenvalue weighted by Crippen LogP contribution is -2.55. The Balaban J connectivity index is 1.55. The van der Waals surface area contributed by atoms with E-state index in [1.54, 1.807) is 50.6 Å². The summed E-state index contributed by atoms with van der Waals surface area (Å²) in [6.07, 6.45) is -0.374. The average molecular weight is 463 g/mol. The van der Waals surface area contributed by atoms with E-state index in [4.69, 9.17) is 27.9 Å². The van der Waals surface area contributed by atoms with Crippen LogP contribution in [-0.4, -0.2) is 53.8 Å². The maximum Gasteiger partial charge on any atom is 0.297 e. The Morgan fingerprint density at radius 1 is 1.03 bits per heavy atom. The van der Waals surface area contributed by atoms with Gasteiger partial charge in [0.25, 0.3) is 10.1 Å². The molecule has 2 aromatic rings. The highest BCUT2D eigenvalue weighted by molar-refractivity contribution is 7.86. The van der Waals surface area contributed by atoms with Crippen LogP contribution >= 0.6 is 0 Å². The number of hydrogen-bond donors (Lipinski definition) is 0. The molecule has 0 amide bonds. The highest BCUT2D eigenvalue weighted by atomic mass is 32.2. The molecule has 0 unspecified atom stereocenters. The Bertz CT molecular complexity index is 1110. The number of ether oxygens (including phenoxy) is 5. The lowest BCUT2D eigenvalue weighted by atomic mass is 9.77. The van der Waals surface area contributed by atoms with Crippen molar-refractivity contribution in [1.82, 2.24) is 0 Å². The van der Waals surface area contributed by atoms with E-state index in [0.717, 1.165) is 11.1 Å². The molecular weight excluding hydrogens is 436 g/mol. The zero-order valence-electron chi connectivity index (χ0n) is 18.2. The number of hydrogen-bond acceptors (Lipinski definition) is 8. The van der Waals surface area contributed by atoms with E-state index in [1.807, 2.05) is 6.92 Å². The molecule has 1 spiro atoms. The molecule has 0 radical (unpaired) electrons. The molecule has 172 valence electrons. The van der Waals surface area contributed by atoms with Crippen LogP contribution in [0, 0.1) is 6.92 Å². The summed E-state index contributed by atoms with van der Waals surface area (Å²) in [7, 11) is -0.867. The number of benzene rings is 2. The average Bonchev–Trinajstić information content (AvgIpc) is 3.41. The molecule has 3 atom stereocenters. The van der Waals surface area contributed by atoms with Gasteiger partial charge in [-0.1, -0.05) is 17.7 Å². The van der Waals surface area contributed by atoms with E-state index < -0.39 is 34.0 Å². The zero-order chi connectivity index (χ0) is 22.5. The summed E-state index contributed by atoms with van der Waals surface area (Å²) in [5, 5.41) is 0. The molecule has 2 heterocycles. The van der Waals surface area contributed by atoms with E-state index in [2.05, 4.69) is 0 Å². The molecule has 1 saturated heterocycles. The van der Waals surface area contributed by atoms with Crippen molar-refractivity contribution >= 4 is 10.1 Å². The maximum absolute atomic E-state index is 13.1. The highest BCUT2D eigenvalue weighted by Crippen LogP contribution is 2.56. The van der Waals surface area contributed by atoms with Crippen LogP contribution in [-0.2, 0) is 23.8 Å². The summed E-state index contributed by atoms with van der Waals surface area (Å²) in [6, 6.07) is 10.1. The summed E-state index contributed by atoms with van der Waals surface area (Å²) >= 11 is 0. The van der Waals surface area contributed by atoms with Gasteiger partial charge in [-0.2, -0.15) is 8.42 Å². The topological polar surface area (TPSA) is 89.5 Å². The van der Waals surface area contributed by atoms with Gasteiger partial charge in [-0.05, 0) is 25.5 Å². The molecule has 1 aliphatic carbocycles. The summed E-state index contributed by atoms with van der Waals surface area (Å²) in [6.45, 7) is 2.81. The van der Waals surface area contributed by atoms with Gasteiger partial charge in [0.05, 0.1) is 44.4 Å². The number of methoxy groups -OCH3 is 2. The van der Waals surface area contributed by atoms with Gasteiger partial charge in [-0.25, -0.2) is 0 Å². The van der Waals surface area contributed by atoms with Gasteiger partial charge < -0.3 is 23.7 Å². The van der Waals surface area contributed by atoms with E-state index in [9.17, 15) is 8.42 Å². The predicted octanol–water partition coefficient (Wildman–Crippen LogP) is 3.17. The molecule has 0 N–H and O–H groups in total. The maximum atomic E-state index is 13.1. The van der Waals surface area contributed by atoms with Gasteiger partial charge in [-0.15, -0.1) is 0 Å². The summed E-state index contributed by atoms with van der Waals surface area (Å²) in [5.41, 5.74) is 1.71. The monoisotopic (exact) mass is 462 g/mol. The molecule has 0 aromatic heterocycles. The summed E-state index contributed by atoms with van der Waals surface area (Å²) < 4.78 is 61.4. The van der Waals surface area contributed by atoms with E-state index in [1.165, 1.54) is 0 Å². The first kappa shape index (κ1) is 21.5. The van der Waals surface area contributed by atoms with Gasteiger partial charge >= 0.3 is 0 Å². The van der Waals surface area contributed by atoms with Crippen LogP contribution in [0.1, 0.15) is 29.9 Å². The van der Waals surface area contributed by atoms with E-state index in [-0.39, 0.29) is 4.90 Å². The zero-order valence-corrected chi connectivity index (χ0v) is 19.0. The van der Waals surface area contributed by atoms with Crippen LogP contribution < -0.4 is 14.2 Å². The van der Waals surface area contributed by atoms with Crippen LogP contribution in [0.15, 0.2) is 41.3 Å². The quantitative estimate of drug-likeness (QED) is 0.626. The third-order valence-electron chi connectivity index (χ3n) is 6.39. The third kappa shape index (κ3) is 3.44. The predicted molar refractivity (Wildman–Crippen MR) is 114 cm³/mol. The molecule has 8 nitrogen and oxygen atoms in total. The van der Waals surface area contributed by atoms with Gasteiger partial charge in [0.1, 0.15) is 17.2 Å². The second-order valence-corrected chi connectivity index (χ2v) is 9.83. The number of rotatable bonds is 5. The first-order valence-corrected chi connectivity index (χ1v) is 12.0. The fourth-order valence-electron chi connectivity index (χ4n) is 4.87. The highest BCUT2D eigenvalue weighted by Gasteiger charge is 2.60. The second kappa shape index (κ2) is 7.91. The molecule has 3 aliphatic rings. The fraction of sp³-hybridized carbons (Fsp3) is 0.478. The summed E-state index contributed by atoms with van der Waals surface area (Å²) in [5.74, 6) is 0.264. The molecule has 9 heteroatoms. The first-order valence-electron chi connectivity index (χ1n) is 10.6. The number of aryl methyl sites for hydroxylation is 1. The van der Waals surface area contributed by atoms with Gasteiger partial charge in [0, 0.05) is 24.1 Å². The first-order chi connectivity index (χ1) is 15.4. The lowest BCUT2D eigenvalue weighted by molar-refractivity contribution is -0.237. The van der Waals surface area contributed by atoms with Crippen molar-refractivity contribution in [1.29, 1.82) is 0 Å². The largest absolute Gasteiger partial charge is 0.496 e. The Labute approximate surface area is 187 Å². The fourth-order valence-corrected chi connectivity index (χ4v) is 5.99. The van der Waals surface area contributed by atoms with Crippen molar-refractivity contribution in [2.45, 2.75) is 48.6 Å². The Morgan fingerprint density at radius 2 is 1.75 bits per heavy atom. The smallest absolute Gasteiger partial charge is 0.297 e. The van der Waals surface area contributed by atoms with Crippen LogP contribution in [0.5, 0.6) is 17.2 Å². The van der Waals surface area contributed by atoms with Crippen molar-refractivity contribution in [3.8, 4) is 17.2 Å². The van der Waals surface area contributed by atoms with Gasteiger partial charge in [-0.3, -0.25) is 4.18 Å². The molecule has 2 fully saturated rings. The molecule has 2 aromatic carbocycles. The Kier molecular flexibility index (Phi) is 5.32. The van der Waals surface area contributed by atoms with Crippen molar-refractivity contribution in [3.05, 3.63) is 47.5 Å². The second-order valence-electron chi connectivity index (χ2n) is 8.25. The van der Waals surface area contributed by atoms with Crippen LogP contribution in [0.25, 0.3) is 0 Å².